The van der Waals surface area contributed by atoms with Crippen LogP contribution in [-0.2, 0) is 6.42 Å². The van der Waals surface area contributed by atoms with E-state index in [9.17, 15) is 0 Å². The van der Waals surface area contributed by atoms with Gasteiger partial charge in [0, 0.05) is 18.7 Å². The number of nitrogens with two attached hydrogens (primary N) is 1. The summed E-state index contributed by atoms with van der Waals surface area (Å²) in [6.07, 6.45) is 3.04. The Labute approximate surface area is 82.3 Å². The molecule has 0 fully saturated rings. The van der Waals surface area contributed by atoms with Gasteiger partial charge in [0.15, 0.2) is 0 Å². The van der Waals surface area contributed by atoms with Crippen LogP contribution in [0.2, 0.25) is 0 Å². The third kappa shape index (κ3) is 3.78. The zero-order valence-electron chi connectivity index (χ0n) is 7.82. The topological polar surface area (TPSA) is 64.9 Å². The second kappa shape index (κ2) is 5.99. The largest absolute Gasteiger partial charge is 0.416 e. The van der Waals surface area contributed by atoms with Gasteiger partial charge in [-0.3, -0.25) is 0 Å². The van der Waals surface area contributed by atoms with Crippen LogP contribution >= 0.6 is 11.8 Å². The number of aromatic nitrogens is 2. The molecule has 1 heterocycles. The molecule has 0 aromatic carbocycles. The smallest absolute Gasteiger partial charge is 0.276 e. The number of hydrogen-bond donors (Lipinski definition) is 1. The molecule has 0 radical (unpaired) electrons. The molecule has 0 aliphatic rings. The summed E-state index contributed by atoms with van der Waals surface area (Å²) in [5.74, 6) is 1.68. The minimum Gasteiger partial charge on any atom is -0.416 e. The first-order chi connectivity index (χ1) is 6.36. The highest BCUT2D eigenvalue weighted by molar-refractivity contribution is 7.99. The van der Waals surface area contributed by atoms with E-state index in [0.29, 0.717) is 24.1 Å². The third-order valence-electron chi connectivity index (χ3n) is 1.53. The van der Waals surface area contributed by atoms with Crippen molar-refractivity contribution in [1.82, 2.24) is 10.2 Å². The van der Waals surface area contributed by atoms with Gasteiger partial charge < -0.3 is 10.2 Å². The molecule has 0 saturated carbocycles. The van der Waals surface area contributed by atoms with E-state index in [4.69, 9.17) is 10.2 Å². The SMILES string of the molecule is CCCCSc1nnc(CCN)o1. The molecule has 5 heteroatoms. The number of unbranched alkanes of at least 4 members (excludes halogenated alkanes) is 1. The second-order valence-corrected chi connectivity index (χ2v) is 3.75. The van der Waals surface area contributed by atoms with Crippen LogP contribution in [0.3, 0.4) is 0 Å². The Morgan fingerprint density at radius 3 is 3.00 bits per heavy atom. The fourth-order valence-electron chi connectivity index (χ4n) is 0.825. The fraction of sp³-hybridized carbons (Fsp3) is 0.750. The van der Waals surface area contributed by atoms with Crippen molar-refractivity contribution in [2.75, 3.05) is 12.3 Å². The molecule has 1 aromatic rings. The van der Waals surface area contributed by atoms with E-state index < -0.39 is 0 Å². The molecule has 2 N–H and O–H groups in total. The van der Waals surface area contributed by atoms with E-state index >= 15 is 0 Å². The fourth-order valence-corrected chi connectivity index (χ4v) is 1.69. The Hall–Kier alpha value is -0.550. The minimum absolute atomic E-state index is 0.557. The highest BCUT2D eigenvalue weighted by atomic mass is 32.2. The molecular formula is C8H15N3OS. The average molecular weight is 201 g/mol. The Morgan fingerprint density at radius 2 is 2.31 bits per heavy atom. The van der Waals surface area contributed by atoms with Crippen LogP contribution in [0.5, 0.6) is 0 Å². The van der Waals surface area contributed by atoms with Crippen molar-refractivity contribution in [2.24, 2.45) is 5.73 Å². The van der Waals surface area contributed by atoms with Crippen molar-refractivity contribution in [3.05, 3.63) is 5.89 Å². The number of hydrogen-bond acceptors (Lipinski definition) is 5. The molecule has 0 saturated heterocycles. The second-order valence-electron chi connectivity index (χ2n) is 2.70. The highest BCUT2D eigenvalue weighted by Crippen LogP contribution is 2.17. The highest BCUT2D eigenvalue weighted by Gasteiger charge is 2.04. The first kappa shape index (κ1) is 10.5. The number of thioether (sulfide) groups is 1. The Morgan fingerprint density at radius 1 is 1.46 bits per heavy atom. The van der Waals surface area contributed by atoms with Gasteiger partial charge in [-0.15, -0.1) is 10.2 Å². The van der Waals surface area contributed by atoms with Gasteiger partial charge in [0.2, 0.25) is 5.89 Å². The van der Waals surface area contributed by atoms with Gasteiger partial charge in [0.05, 0.1) is 0 Å². The third-order valence-corrected chi connectivity index (χ3v) is 2.43. The Kier molecular flexibility index (Phi) is 4.85. The maximum atomic E-state index is 5.36. The lowest BCUT2D eigenvalue weighted by Crippen LogP contribution is -2.02. The lowest BCUT2D eigenvalue weighted by Gasteiger charge is -1.92. The van der Waals surface area contributed by atoms with Crippen LogP contribution in [0.15, 0.2) is 9.64 Å². The van der Waals surface area contributed by atoms with Gasteiger partial charge >= 0.3 is 0 Å². The van der Waals surface area contributed by atoms with Gasteiger partial charge in [0.1, 0.15) is 0 Å². The first-order valence-corrected chi connectivity index (χ1v) is 5.50. The van der Waals surface area contributed by atoms with Crippen LogP contribution in [0.1, 0.15) is 25.7 Å². The standard InChI is InChI=1S/C8H15N3OS/c1-2-3-6-13-8-11-10-7(12-8)4-5-9/h2-6,9H2,1H3. The normalized spacial score (nSPS) is 10.6. The number of nitrogens with zero attached hydrogens (tertiary/aromatic N) is 2. The molecule has 1 rings (SSSR count). The molecule has 0 unspecified atom stereocenters. The summed E-state index contributed by atoms with van der Waals surface area (Å²) in [6.45, 7) is 2.72. The van der Waals surface area contributed by atoms with Gasteiger partial charge in [-0.05, 0) is 6.42 Å². The summed E-state index contributed by atoms with van der Waals surface area (Å²) in [5.41, 5.74) is 5.36. The van der Waals surface area contributed by atoms with Crippen molar-refractivity contribution in [1.29, 1.82) is 0 Å². The summed E-state index contributed by atoms with van der Waals surface area (Å²) in [7, 11) is 0. The van der Waals surface area contributed by atoms with E-state index in [-0.39, 0.29) is 0 Å². The molecule has 0 amide bonds. The van der Waals surface area contributed by atoms with Crippen molar-refractivity contribution in [2.45, 2.75) is 31.4 Å². The van der Waals surface area contributed by atoms with Crippen molar-refractivity contribution in [3.8, 4) is 0 Å². The van der Waals surface area contributed by atoms with Crippen LogP contribution in [0, 0.1) is 0 Å². The van der Waals surface area contributed by atoms with E-state index in [0.717, 1.165) is 5.75 Å². The maximum absolute atomic E-state index is 5.36. The molecule has 4 nitrogen and oxygen atoms in total. The summed E-state index contributed by atoms with van der Waals surface area (Å²) < 4.78 is 5.33. The van der Waals surface area contributed by atoms with Crippen molar-refractivity contribution >= 4 is 11.8 Å². The molecular weight excluding hydrogens is 186 g/mol. The van der Waals surface area contributed by atoms with Crippen molar-refractivity contribution < 1.29 is 4.42 Å². The van der Waals surface area contributed by atoms with Crippen LogP contribution in [0.25, 0.3) is 0 Å². The van der Waals surface area contributed by atoms with E-state index in [1.807, 2.05) is 0 Å². The first-order valence-electron chi connectivity index (χ1n) is 4.52. The predicted molar refractivity (Wildman–Crippen MR) is 52.7 cm³/mol. The molecule has 0 bridgehead atoms. The molecule has 74 valence electrons. The average Bonchev–Trinajstić information content (AvgIpc) is 2.54. The minimum atomic E-state index is 0.557. The van der Waals surface area contributed by atoms with E-state index in [1.54, 1.807) is 11.8 Å². The molecule has 1 aromatic heterocycles. The molecule has 13 heavy (non-hydrogen) atoms. The van der Waals surface area contributed by atoms with E-state index in [1.165, 1.54) is 12.8 Å². The van der Waals surface area contributed by atoms with Gasteiger partial charge in [-0.1, -0.05) is 25.1 Å². The molecule has 0 atom stereocenters. The molecule has 0 spiro atoms. The van der Waals surface area contributed by atoms with Gasteiger partial charge in [-0.2, -0.15) is 0 Å². The summed E-state index contributed by atoms with van der Waals surface area (Å²) >= 11 is 1.61. The van der Waals surface area contributed by atoms with Crippen LogP contribution in [0.4, 0.5) is 0 Å². The number of rotatable bonds is 6. The zero-order valence-corrected chi connectivity index (χ0v) is 8.64. The summed E-state index contributed by atoms with van der Waals surface area (Å²) in [4.78, 5) is 0. The lowest BCUT2D eigenvalue weighted by atomic mass is 10.4. The summed E-state index contributed by atoms with van der Waals surface area (Å²) in [5, 5.41) is 8.43. The van der Waals surface area contributed by atoms with Gasteiger partial charge in [0.25, 0.3) is 5.22 Å². The zero-order chi connectivity index (χ0) is 9.52. The maximum Gasteiger partial charge on any atom is 0.276 e. The molecule has 0 aliphatic carbocycles. The van der Waals surface area contributed by atoms with Crippen LogP contribution in [-0.4, -0.2) is 22.5 Å². The van der Waals surface area contributed by atoms with Crippen LogP contribution < -0.4 is 5.73 Å². The molecule has 0 aliphatic heterocycles. The predicted octanol–water partition coefficient (Wildman–Crippen LogP) is 1.46. The van der Waals surface area contributed by atoms with Crippen molar-refractivity contribution in [3.63, 3.8) is 0 Å². The van der Waals surface area contributed by atoms with Gasteiger partial charge in [-0.25, -0.2) is 0 Å². The van der Waals surface area contributed by atoms with E-state index in [2.05, 4.69) is 17.1 Å². The quantitative estimate of drug-likeness (QED) is 0.557. The monoisotopic (exact) mass is 201 g/mol. The Bertz CT molecular complexity index is 239. The summed E-state index contributed by atoms with van der Waals surface area (Å²) in [6, 6.07) is 0. The Balaban J connectivity index is 2.31. The lowest BCUT2D eigenvalue weighted by molar-refractivity contribution is 0.414.